The first kappa shape index (κ1) is 19.7. The lowest BCUT2D eigenvalue weighted by molar-refractivity contribution is -0.384. The van der Waals surface area contributed by atoms with Gasteiger partial charge in [0.2, 0.25) is 0 Å². The lowest BCUT2D eigenvalue weighted by Crippen LogP contribution is -2.30. The Bertz CT molecular complexity index is 1100. The number of hydrogen-bond donors (Lipinski definition) is 1. The van der Waals surface area contributed by atoms with Crippen molar-refractivity contribution in [3.8, 4) is 5.75 Å². The largest absolute Gasteiger partial charge is 0.495 e. The molecule has 1 atom stereocenters. The van der Waals surface area contributed by atoms with E-state index in [1.807, 2.05) is 0 Å². The van der Waals surface area contributed by atoms with Crippen LogP contribution in [-0.2, 0) is 9.53 Å². The minimum Gasteiger partial charge on any atom is -0.495 e. The molecule has 0 aliphatic rings. The Balaban J connectivity index is 1.72. The van der Waals surface area contributed by atoms with E-state index in [0.29, 0.717) is 11.0 Å². The number of amides is 1. The van der Waals surface area contributed by atoms with Gasteiger partial charge in [0.1, 0.15) is 5.75 Å². The van der Waals surface area contributed by atoms with Gasteiger partial charge in [0.05, 0.1) is 34.3 Å². The van der Waals surface area contributed by atoms with Crippen molar-refractivity contribution < 1.29 is 24.0 Å². The van der Waals surface area contributed by atoms with E-state index in [0.717, 1.165) is 6.07 Å². The van der Waals surface area contributed by atoms with Gasteiger partial charge in [-0.15, -0.1) is 0 Å². The van der Waals surface area contributed by atoms with Gasteiger partial charge in [-0.2, -0.15) is 0 Å². The first-order valence-electron chi connectivity index (χ1n) is 8.44. The molecule has 10 heteroatoms. The second-order valence-corrected chi connectivity index (χ2v) is 5.94. The van der Waals surface area contributed by atoms with E-state index in [4.69, 9.17) is 9.47 Å². The van der Waals surface area contributed by atoms with E-state index >= 15 is 0 Å². The molecule has 0 aliphatic heterocycles. The molecule has 10 nitrogen and oxygen atoms in total. The molecule has 2 aromatic carbocycles. The number of aromatic nitrogens is 2. The average Bonchev–Trinajstić information content (AvgIpc) is 2.73. The zero-order chi connectivity index (χ0) is 21.0. The Morgan fingerprint density at radius 1 is 1.10 bits per heavy atom. The van der Waals surface area contributed by atoms with Crippen molar-refractivity contribution in [2.75, 3.05) is 12.4 Å². The van der Waals surface area contributed by atoms with Crippen molar-refractivity contribution in [1.29, 1.82) is 0 Å². The molecule has 0 aliphatic carbocycles. The van der Waals surface area contributed by atoms with Crippen molar-refractivity contribution in [2.45, 2.75) is 13.0 Å². The fraction of sp³-hybridized carbons (Fsp3) is 0.158. The van der Waals surface area contributed by atoms with E-state index in [1.54, 1.807) is 6.07 Å². The number of ether oxygens (including phenoxy) is 2. The van der Waals surface area contributed by atoms with Gasteiger partial charge < -0.3 is 14.8 Å². The number of nitrogens with zero attached hydrogens (tertiary/aromatic N) is 3. The summed E-state index contributed by atoms with van der Waals surface area (Å²) in [6.07, 6.45) is 1.87. The Hall–Kier alpha value is -4.08. The summed E-state index contributed by atoms with van der Waals surface area (Å²) >= 11 is 0. The highest BCUT2D eigenvalue weighted by atomic mass is 16.6. The standard InChI is InChI=1S/C19H16N4O6/c1-11(18(24)22-16-10-13(23(26)27)4-6-17(16)28-2)29-19(25)12-3-5-14-15(9-12)21-8-7-20-14/h3-11H,1-2H3,(H,22,24)/t11-/m0/s1. The maximum atomic E-state index is 12.4. The average molecular weight is 396 g/mol. The minimum atomic E-state index is -1.16. The Morgan fingerprint density at radius 3 is 2.52 bits per heavy atom. The van der Waals surface area contributed by atoms with Crippen molar-refractivity contribution in [2.24, 2.45) is 0 Å². The first-order chi connectivity index (χ1) is 13.9. The van der Waals surface area contributed by atoms with Crippen molar-refractivity contribution in [3.63, 3.8) is 0 Å². The van der Waals surface area contributed by atoms with Crippen LogP contribution in [0.1, 0.15) is 17.3 Å². The molecule has 0 fully saturated rings. The van der Waals surface area contributed by atoms with Crippen LogP contribution in [0.4, 0.5) is 11.4 Å². The fourth-order valence-electron chi connectivity index (χ4n) is 2.51. The maximum absolute atomic E-state index is 12.4. The topological polar surface area (TPSA) is 134 Å². The number of carbonyl (C=O) groups excluding carboxylic acids is 2. The van der Waals surface area contributed by atoms with Crippen LogP contribution in [-0.4, -0.2) is 40.0 Å². The van der Waals surface area contributed by atoms with Gasteiger partial charge in [0.25, 0.3) is 11.6 Å². The van der Waals surface area contributed by atoms with Crippen molar-refractivity contribution >= 4 is 34.3 Å². The number of carbonyl (C=O) groups is 2. The molecule has 0 saturated carbocycles. The normalized spacial score (nSPS) is 11.5. The zero-order valence-electron chi connectivity index (χ0n) is 15.5. The molecule has 3 aromatic rings. The SMILES string of the molecule is COc1ccc([N+](=O)[O-])cc1NC(=O)[C@H](C)OC(=O)c1ccc2nccnc2c1. The first-order valence-corrected chi connectivity index (χ1v) is 8.44. The molecule has 1 N–H and O–H groups in total. The lowest BCUT2D eigenvalue weighted by Gasteiger charge is -2.15. The highest BCUT2D eigenvalue weighted by Crippen LogP contribution is 2.29. The smallest absolute Gasteiger partial charge is 0.338 e. The zero-order valence-corrected chi connectivity index (χ0v) is 15.5. The van der Waals surface area contributed by atoms with Crippen LogP contribution in [0.3, 0.4) is 0 Å². The van der Waals surface area contributed by atoms with Gasteiger partial charge >= 0.3 is 5.97 Å². The van der Waals surface area contributed by atoms with Gasteiger partial charge in [-0.1, -0.05) is 0 Å². The Kier molecular flexibility index (Phi) is 5.63. The van der Waals surface area contributed by atoms with Crippen LogP contribution in [0.15, 0.2) is 48.8 Å². The molecule has 148 valence electrons. The highest BCUT2D eigenvalue weighted by molar-refractivity contribution is 5.99. The predicted octanol–water partition coefficient (Wildman–Crippen LogP) is 2.73. The molecule has 0 radical (unpaired) electrons. The monoisotopic (exact) mass is 396 g/mol. The number of nitrogens with one attached hydrogen (secondary N) is 1. The van der Waals surface area contributed by atoms with Crippen LogP contribution in [0.5, 0.6) is 5.75 Å². The summed E-state index contributed by atoms with van der Waals surface area (Å²) in [6, 6.07) is 8.43. The van der Waals surface area contributed by atoms with Gasteiger partial charge in [0, 0.05) is 24.5 Å². The molecule has 1 aromatic heterocycles. The third-order valence-electron chi connectivity index (χ3n) is 4.01. The number of nitro benzene ring substituents is 1. The summed E-state index contributed by atoms with van der Waals surface area (Å²) < 4.78 is 10.3. The van der Waals surface area contributed by atoms with Crippen LogP contribution < -0.4 is 10.1 Å². The number of hydrogen-bond acceptors (Lipinski definition) is 8. The van der Waals surface area contributed by atoms with E-state index in [1.165, 1.54) is 50.7 Å². The minimum absolute atomic E-state index is 0.0931. The van der Waals surface area contributed by atoms with Crippen LogP contribution >= 0.6 is 0 Å². The summed E-state index contributed by atoms with van der Waals surface area (Å²) in [5.41, 5.74) is 1.22. The fourth-order valence-corrected chi connectivity index (χ4v) is 2.51. The number of anilines is 1. The quantitative estimate of drug-likeness (QED) is 0.382. The molecule has 1 amide bonds. The van der Waals surface area contributed by atoms with Gasteiger partial charge in [-0.25, -0.2) is 4.79 Å². The van der Waals surface area contributed by atoms with Crippen molar-refractivity contribution in [3.05, 3.63) is 64.5 Å². The Morgan fingerprint density at radius 2 is 1.83 bits per heavy atom. The molecule has 0 unspecified atom stereocenters. The third-order valence-corrected chi connectivity index (χ3v) is 4.01. The maximum Gasteiger partial charge on any atom is 0.338 e. The van der Waals surface area contributed by atoms with E-state index in [-0.39, 0.29) is 22.7 Å². The molecule has 3 rings (SSSR count). The van der Waals surface area contributed by atoms with Gasteiger partial charge in [-0.05, 0) is 31.2 Å². The summed E-state index contributed by atoms with van der Waals surface area (Å²) in [6.45, 7) is 1.39. The van der Waals surface area contributed by atoms with Crippen molar-refractivity contribution in [1.82, 2.24) is 9.97 Å². The van der Waals surface area contributed by atoms with Gasteiger partial charge in [0.15, 0.2) is 6.10 Å². The number of nitro groups is 1. The summed E-state index contributed by atoms with van der Waals surface area (Å²) in [4.78, 5) is 43.3. The lowest BCUT2D eigenvalue weighted by atomic mass is 10.2. The molecule has 0 saturated heterocycles. The molecule has 29 heavy (non-hydrogen) atoms. The molecule has 0 spiro atoms. The number of methoxy groups -OCH3 is 1. The van der Waals surface area contributed by atoms with E-state index < -0.39 is 22.9 Å². The molecule has 0 bridgehead atoms. The van der Waals surface area contributed by atoms with Crippen LogP contribution in [0.25, 0.3) is 11.0 Å². The highest BCUT2D eigenvalue weighted by Gasteiger charge is 2.22. The number of benzene rings is 2. The van der Waals surface area contributed by atoms with Gasteiger partial charge in [-0.3, -0.25) is 24.9 Å². The number of rotatable bonds is 6. The summed E-state index contributed by atoms with van der Waals surface area (Å²) in [5, 5.41) is 13.4. The molecular weight excluding hydrogens is 380 g/mol. The van der Waals surface area contributed by atoms with E-state index in [2.05, 4.69) is 15.3 Å². The predicted molar refractivity (Wildman–Crippen MR) is 103 cm³/mol. The number of fused-ring (bicyclic) bond motifs is 1. The summed E-state index contributed by atoms with van der Waals surface area (Å²) in [7, 11) is 1.36. The molecule has 1 heterocycles. The number of non-ortho nitro benzene ring substituents is 1. The number of esters is 1. The second-order valence-electron chi connectivity index (χ2n) is 5.94. The van der Waals surface area contributed by atoms with E-state index in [9.17, 15) is 19.7 Å². The summed E-state index contributed by atoms with van der Waals surface area (Å²) in [5.74, 6) is -1.15. The second kappa shape index (κ2) is 8.30. The van der Waals surface area contributed by atoms with Crippen LogP contribution in [0.2, 0.25) is 0 Å². The molecular formula is C19H16N4O6. The Labute approximate surface area is 164 Å². The van der Waals surface area contributed by atoms with Crippen LogP contribution in [0, 0.1) is 10.1 Å². The third kappa shape index (κ3) is 4.43.